The lowest BCUT2D eigenvalue weighted by molar-refractivity contribution is 0.413. The number of imidazole rings is 1. The molecule has 35 heavy (non-hydrogen) atoms. The van der Waals surface area contributed by atoms with E-state index in [4.69, 9.17) is 4.98 Å². The van der Waals surface area contributed by atoms with Crippen molar-refractivity contribution < 1.29 is 0 Å². The van der Waals surface area contributed by atoms with Crippen molar-refractivity contribution in [3.63, 3.8) is 0 Å². The molecule has 1 atom stereocenters. The second-order valence-corrected chi connectivity index (χ2v) is 11.5. The Bertz CT molecular complexity index is 535. The minimum Gasteiger partial charge on any atom is -0.332 e. The Morgan fingerprint density at radius 2 is 0.914 bits per heavy atom. The van der Waals surface area contributed by atoms with Crippen LogP contribution in [0.4, 0.5) is 0 Å². The SMILES string of the molecule is CCCCCCCCCCCCCC(C)n1ccnc1C(CCCCCCC)CCCCCCC. The number of aromatic nitrogens is 2. The van der Waals surface area contributed by atoms with E-state index in [1.165, 1.54) is 160 Å². The van der Waals surface area contributed by atoms with Crippen LogP contribution >= 0.6 is 0 Å². The highest BCUT2D eigenvalue weighted by atomic mass is 15.1. The smallest absolute Gasteiger partial charge is 0.111 e. The average Bonchev–Trinajstić information content (AvgIpc) is 3.35. The van der Waals surface area contributed by atoms with Gasteiger partial charge in [-0.2, -0.15) is 0 Å². The third-order valence-electron chi connectivity index (χ3n) is 8.08. The largest absolute Gasteiger partial charge is 0.332 e. The first-order valence-electron chi connectivity index (χ1n) is 16.3. The van der Waals surface area contributed by atoms with E-state index < -0.39 is 0 Å². The molecule has 1 heterocycles. The van der Waals surface area contributed by atoms with Gasteiger partial charge in [0.05, 0.1) is 0 Å². The molecule has 1 aromatic heterocycles. The van der Waals surface area contributed by atoms with Crippen LogP contribution in [0.25, 0.3) is 0 Å². The molecule has 0 N–H and O–H groups in total. The molecule has 2 nitrogen and oxygen atoms in total. The van der Waals surface area contributed by atoms with Crippen LogP contribution in [0.15, 0.2) is 12.4 Å². The van der Waals surface area contributed by atoms with Crippen LogP contribution in [0.1, 0.15) is 200 Å². The minimum absolute atomic E-state index is 0.591. The molecular weight excluding hydrogens is 424 g/mol. The molecule has 0 aromatic carbocycles. The van der Waals surface area contributed by atoms with Gasteiger partial charge in [0.1, 0.15) is 5.82 Å². The lowest BCUT2D eigenvalue weighted by Gasteiger charge is -2.22. The third-order valence-corrected chi connectivity index (χ3v) is 8.08. The van der Waals surface area contributed by atoms with Crippen molar-refractivity contribution >= 4 is 0 Å². The van der Waals surface area contributed by atoms with Gasteiger partial charge in [0.2, 0.25) is 0 Å². The molecule has 1 aromatic rings. The van der Waals surface area contributed by atoms with Crippen LogP contribution in [0.5, 0.6) is 0 Å². The molecule has 0 radical (unpaired) electrons. The summed E-state index contributed by atoms with van der Waals surface area (Å²) in [5.41, 5.74) is 0. The molecule has 0 aliphatic carbocycles. The molecular formula is C33H64N2. The van der Waals surface area contributed by atoms with Gasteiger partial charge in [0.15, 0.2) is 0 Å². The van der Waals surface area contributed by atoms with Crippen LogP contribution in [0.3, 0.4) is 0 Å². The molecule has 0 bridgehead atoms. The summed E-state index contributed by atoms with van der Waals surface area (Å²) in [4.78, 5) is 4.94. The Morgan fingerprint density at radius 1 is 0.543 bits per heavy atom. The molecule has 2 heteroatoms. The standard InChI is InChI=1S/C33H64N2/c1-5-8-11-14-15-16-17-18-19-22-23-26-31(4)35-30-29-34-33(35)32(27-24-20-12-9-6-2)28-25-21-13-10-7-3/h29-32H,5-28H2,1-4H3. The Balaban J connectivity index is 2.38. The quantitative estimate of drug-likeness (QED) is 0.118. The first kappa shape index (κ1) is 32.2. The Labute approximate surface area is 221 Å². The van der Waals surface area contributed by atoms with E-state index in [1.807, 2.05) is 0 Å². The molecule has 1 unspecified atom stereocenters. The number of hydrogen-bond donors (Lipinski definition) is 0. The zero-order valence-electron chi connectivity index (χ0n) is 24.7. The maximum atomic E-state index is 4.94. The van der Waals surface area contributed by atoms with Crippen molar-refractivity contribution in [3.8, 4) is 0 Å². The summed E-state index contributed by atoms with van der Waals surface area (Å²) in [6.07, 6.45) is 37.8. The van der Waals surface area contributed by atoms with Crippen molar-refractivity contribution in [2.45, 2.75) is 194 Å². The number of hydrogen-bond acceptors (Lipinski definition) is 1. The Morgan fingerprint density at radius 3 is 1.34 bits per heavy atom. The summed E-state index contributed by atoms with van der Waals surface area (Å²) < 4.78 is 2.55. The maximum absolute atomic E-state index is 4.94. The van der Waals surface area contributed by atoms with E-state index in [-0.39, 0.29) is 0 Å². The summed E-state index contributed by atoms with van der Waals surface area (Å²) in [5.74, 6) is 2.06. The normalized spacial score (nSPS) is 12.6. The highest BCUT2D eigenvalue weighted by molar-refractivity contribution is 5.02. The fourth-order valence-corrected chi connectivity index (χ4v) is 5.65. The van der Waals surface area contributed by atoms with Crippen molar-refractivity contribution in [2.75, 3.05) is 0 Å². The van der Waals surface area contributed by atoms with Crippen LogP contribution in [0, 0.1) is 0 Å². The minimum atomic E-state index is 0.591. The van der Waals surface area contributed by atoms with Crippen LogP contribution < -0.4 is 0 Å². The molecule has 0 saturated heterocycles. The molecule has 206 valence electrons. The van der Waals surface area contributed by atoms with Gasteiger partial charge in [0, 0.05) is 24.4 Å². The zero-order valence-corrected chi connectivity index (χ0v) is 24.7. The molecule has 0 aliphatic heterocycles. The summed E-state index contributed by atoms with van der Waals surface area (Å²) in [5, 5.41) is 0. The van der Waals surface area contributed by atoms with E-state index in [9.17, 15) is 0 Å². The van der Waals surface area contributed by atoms with Gasteiger partial charge in [-0.1, -0.05) is 156 Å². The van der Waals surface area contributed by atoms with E-state index in [0.29, 0.717) is 12.0 Å². The van der Waals surface area contributed by atoms with Gasteiger partial charge >= 0.3 is 0 Å². The van der Waals surface area contributed by atoms with Gasteiger partial charge < -0.3 is 4.57 Å². The van der Waals surface area contributed by atoms with Crippen LogP contribution in [-0.2, 0) is 0 Å². The van der Waals surface area contributed by atoms with Gasteiger partial charge in [-0.25, -0.2) is 4.98 Å². The molecule has 0 fully saturated rings. The number of unbranched alkanes of at least 4 members (excludes halogenated alkanes) is 18. The van der Waals surface area contributed by atoms with Crippen molar-refractivity contribution in [1.82, 2.24) is 9.55 Å². The predicted octanol–water partition coefficient (Wildman–Crippen LogP) is 11.9. The second kappa shape index (κ2) is 23.6. The highest BCUT2D eigenvalue weighted by Gasteiger charge is 2.19. The number of rotatable bonds is 26. The van der Waals surface area contributed by atoms with Crippen molar-refractivity contribution in [2.24, 2.45) is 0 Å². The third kappa shape index (κ3) is 16.6. The first-order valence-corrected chi connectivity index (χ1v) is 16.3. The van der Waals surface area contributed by atoms with Gasteiger partial charge in [-0.05, 0) is 26.2 Å². The topological polar surface area (TPSA) is 17.8 Å². The monoisotopic (exact) mass is 489 g/mol. The summed E-state index contributed by atoms with van der Waals surface area (Å²) in [7, 11) is 0. The van der Waals surface area contributed by atoms with Crippen LogP contribution in [-0.4, -0.2) is 9.55 Å². The maximum Gasteiger partial charge on any atom is 0.111 e. The van der Waals surface area contributed by atoms with Crippen molar-refractivity contribution in [1.29, 1.82) is 0 Å². The van der Waals surface area contributed by atoms with E-state index >= 15 is 0 Å². The van der Waals surface area contributed by atoms with Gasteiger partial charge in [-0.15, -0.1) is 0 Å². The average molecular weight is 489 g/mol. The Kier molecular flexibility index (Phi) is 21.7. The molecule has 0 saturated carbocycles. The highest BCUT2D eigenvalue weighted by Crippen LogP contribution is 2.30. The molecule has 1 rings (SSSR count). The summed E-state index contributed by atoms with van der Waals surface area (Å²) >= 11 is 0. The van der Waals surface area contributed by atoms with Gasteiger partial charge in [0.25, 0.3) is 0 Å². The molecule has 0 spiro atoms. The summed E-state index contributed by atoms with van der Waals surface area (Å²) in [6, 6.07) is 0.591. The Hall–Kier alpha value is -0.790. The van der Waals surface area contributed by atoms with Crippen molar-refractivity contribution in [3.05, 3.63) is 18.2 Å². The number of nitrogens with zero attached hydrogens (tertiary/aromatic N) is 2. The lowest BCUT2D eigenvalue weighted by Crippen LogP contribution is -2.13. The lowest BCUT2D eigenvalue weighted by atomic mass is 9.93. The summed E-state index contributed by atoms with van der Waals surface area (Å²) in [6.45, 7) is 9.36. The van der Waals surface area contributed by atoms with Gasteiger partial charge in [-0.3, -0.25) is 0 Å². The second-order valence-electron chi connectivity index (χ2n) is 11.5. The fourth-order valence-electron chi connectivity index (χ4n) is 5.65. The first-order chi connectivity index (χ1) is 17.2. The van der Waals surface area contributed by atoms with Crippen LogP contribution in [0.2, 0.25) is 0 Å². The van der Waals surface area contributed by atoms with E-state index in [2.05, 4.69) is 44.7 Å². The van der Waals surface area contributed by atoms with E-state index in [1.54, 1.807) is 0 Å². The fraction of sp³-hybridized carbons (Fsp3) is 0.909. The zero-order chi connectivity index (χ0) is 25.4. The van der Waals surface area contributed by atoms with E-state index in [0.717, 1.165) is 0 Å². The predicted molar refractivity (Wildman–Crippen MR) is 158 cm³/mol. The molecule has 0 amide bonds. The molecule has 0 aliphatic rings.